The second-order valence-electron chi connectivity index (χ2n) is 5.01. The van der Waals surface area contributed by atoms with Gasteiger partial charge in [0.2, 0.25) is 0 Å². The molecule has 15 heavy (non-hydrogen) atoms. The van der Waals surface area contributed by atoms with Crippen molar-refractivity contribution in [2.45, 2.75) is 38.1 Å². The fourth-order valence-electron chi connectivity index (χ4n) is 1.83. The second-order valence-corrected chi connectivity index (χ2v) is 7.80. The summed E-state index contributed by atoms with van der Waals surface area (Å²) >= 11 is 6.08. The number of hydrogen-bond acceptors (Lipinski definition) is 3. The predicted molar refractivity (Wildman–Crippen MR) is 64.2 cm³/mol. The smallest absolute Gasteiger partial charge is 0.147 e. The van der Waals surface area contributed by atoms with Gasteiger partial charge in [-0.05, 0) is 24.8 Å². The van der Waals surface area contributed by atoms with Crippen molar-refractivity contribution < 1.29 is 8.42 Å². The van der Waals surface area contributed by atoms with Crippen molar-refractivity contribution in [2.24, 2.45) is 5.41 Å². The van der Waals surface area contributed by atoms with Gasteiger partial charge in [-0.1, -0.05) is 13.8 Å². The van der Waals surface area contributed by atoms with Crippen molar-refractivity contribution in [3.05, 3.63) is 0 Å². The molecule has 1 N–H and O–H groups in total. The van der Waals surface area contributed by atoms with E-state index in [-0.39, 0.29) is 16.5 Å². The summed E-state index contributed by atoms with van der Waals surface area (Å²) in [6, 6.07) is 0.430. The van der Waals surface area contributed by atoms with Gasteiger partial charge in [0, 0.05) is 17.7 Å². The van der Waals surface area contributed by atoms with Gasteiger partial charge in [0.05, 0.1) is 5.75 Å². The average molecular weight is 254 g/mol. The Morgan fingerprint density at radius 1 is 1.47 bits per heavy atom. The summed E-state index contributed by atoms with van der Waals surface area (Å²) in [5.74, 6) is 0.261. The highest BCUT2D eigenvalue weighted by Crippen LogP contribution is 2.44. The summed E-state index contributed by atoms with van der Waals surface area (Å²) in [7, 11) is -2.82. The van der Waals surface area contributed by atoms with Crippen molar-refractivity contribution in [3.63, 3.8) is 0 Å². The third kappa shape index (κ3) is 3.61. The first-order chi connectivity index (χ1) is 6.73. The van der Waals surface area contributed by atoms with Crippen LogP contribution in [0.3, 0.4) is 0 Å². The third-order valence-corrected chi connectivity index (χ3v) is 5.00. The van der Waals surface area contributed by atoms with E-state index in [9.17, 15) is 8.42 Å². The van der Waals surface area contributed by atoms with Crippen molar-refractivity contribution in [2.75, 3.05) is 18.6 Å². The molecule has 1 aliphatic carbocycles. The van der Waals surface area contributed by atoms with E-state index >= 15 is 0 Å². The van der Waals surface area contributed by atoms with E-state index in [4.69, 9.17) is 11.6 Å². The third-order valence-electron chi connectivity index (χ3n) is 3.23. The number of sulfone groups is 1. The average Bonchev–Trinajstić information content (AvgIpc) is 2.08. The van der Waals surface area contributed by atoms with Gasteiger partial charge in [-0.15, -0.1) is 11.6 Å². The fourth-order valence-corrected chi connectivity index (χ4v) is 2.83. The van der Waals surface area contributed by atoms with E-state index in [1.165, 1.54) is 6.26 Å². The molecule has 0 saturated heterocycles. The molecule has 1 fully saturated rings. The van der Waals surface area contributed by atoms with E-state index in [1.807, 2.05) is 0 Å². The molecule has 0 spiro atoms. The number of alkyl halides is 1. The van der Waals surface area contributed by atoms with Crippen LogP contribution in [0.5, 0.6) is 0 Å². The molecule has 1 rings (SSSR count). The Labute approximate surface area is 97.5 Å². The first-order valence-electron chi connectivity index (χ1n) is 5.28. The van der Waals surface area contributed by atoms with Crippen LogP contribution in [0.2, 0.25) is 0 Å². The minimum absolute atomic E-state index is 0.132. The molecule has 1 aliphatic rings. The van der Waals surface area contributed by atoms with Crippen molar-refractivity contribution in [1.29, 1.82) is 0 Å². The molecule has 0 aliphatic heterocycles. The SMILES string of the molecule is CC1(C)C(Cl)CC1NCCCS(C)(=O)=O. The number of hydrogen-bond donors (Lipinski definition) is 1. The standard InChI is InChI=1S/C10H20ClNO2S/c1-10(2)8(11)7-9(10)12-5-4-6-15(3,13)14/h8-9,12H,4-7H2,1-3H3. The molecule has 90 valence electrons. The van der Waals surface area contributed by atoms with E-state index < -0.39 is 9.84 Å². The first kappa shape index (κ1) is 13.3. The van der Waals surface area contributed by atoms with Gasteiger partial charge >= 0.3 is 0 Å². The molecule has 0 aromatic rings. The molecule has 2 unspecified atom stereocenters. The van der Waals surface area contributed by atoms with Crippen LogP contribution < -0.4 is 5.32 Å². The minimum Gasteiger partial charge on any atom is -0.313 e. The van der Waals surface area contributed by atoms with E-state index in [0.29, 0.717) is 12.5 Å². The number of halogens is 1. The van der Waals surface area contributed by atoms with E-state index in [1.54, 1.807) is 0 Å². The highest BCUT2D eigenvalue weighted by atomic mass is 35.5. The fraction of sp³-hybridized carbons (Fsp3) is 1.00. The van der Waals surface area contributed by atoms with Crippen molar-refractivity contribution in [3.8, 4) is 0 Å². The normalized spacial score (nSPS) is 29.9. The molecular formula is C10H20ClNO2S. The zero-order valence-electron chi connectivity index (χ0n) is 9.59. The highest BCUT2D eigenvalue weighted by molar-refractivity contribution is 7.90. The van der Waals surface area contributed by atoms with E-state index in [0.717, 1.165) is 13.0 Å². The summed E-state index contributed by atoms with van der Waals surface area (Å²) in [5, 5.41) is 3.60. The van der Waals surface area contributed by atoms with Crippen LogP contribution in [0.4, 0.5) is 0 Å². The van der Waals surface area contributed by atoms with Crippen LogP contribution in [0.25, 0.3) is 0 Å². The first-order valence-corrected chi connectivity index (χ1v) is 7.78. The van der Waals surface area contributed by atoms with Gasteiger partial charge in [0.1, 0.15) is 9.84 Å². The minimum atomic E-state index is -2.82. The van der Waals surface area contributed by atoms with Crippen LogP contribution in [0.1, 0.15) is 26.7 Å². The van der Waals surface area contributed by atoms with Crippen LogP contribution >= 0.6 is 11.6 Å². The highest BCUT2D eigenvalue weighted by Gasteiger charge is 2.46. The van der Waals surface area contributed by atoms with Gasteiger partial charge in [-0.25, -0.2) is 8.42 Å². The molecule has 0 aromatic heterocycles. The maximum Gasteiger partial charge on any atom is 0.147 e. The zero-order chi connectivity index (χ0) is 11.7. The lowest BCUT2D eigenvalue weighted by Crippen LogP contribution is -2.58. The van der Waals surface area contributed by atoms with Crippen LogP contribution in [-0.4, -0.2) is 38.4 Å². The number of nitrogens with one attached hydrogen (secondary N) is 1. The molecular weight excluding hydrogens is 234 g/mol. The Kier molecular flexibility index (Phi) is 4.07. The Morgan fingerprint density at radius 3 is 2.47 bits per heavy atom. The summed E-state index contributed by atoms with van der Waals surface area (Å²) in [6.45, 7) is 5.04. The molecule has 0 aromatic carbocycles. The molecule has 5 heteroatoms. The zero-order valence-corrected chi connectivity index (χ0v) is 11.2. The Morgan fingerprint density at radius 2 is 2.07 bits per heavy atom. The summed E-state index contributed by atoms with van der Waals surface area (Å²) in [4.78, 5) is 0. The summed E-state index contributed by atoms with van der Waals surface area (Å²) in [5.41, 5.74) is 0.132. The van der Waals surface area contributed by atoms with Crippen LogP contribution in [0.15, 0.2) is 0 Å². The maximum atomic E-state index is 10.9. The Bertz CT molecular complexity index is 313. The number of rotatable bonds is 5. The van der Waals surface area contributed by atoms with Crippen LogP contribution in [0, 0.1) is 5.41 Å². The van der Waals surface area contributed by atoms with Gasteiger partial charge in [-0.2, -0.15) is 0 Å². The molecule has 0 heterocycles. The Balaban J connectivity index is 2.18. The quantitative estimate of drug-likeness (QED) is 0.595. The maximum absolute atomic E-state index is 10.9. The lowest BCUT2D eigenvalue weighted by atomic mass is 9.67. The second kappa shape index (κ2) is 4.60. The molecule has 0 amide bonds. The Hall–Kier alpha value is 0.200. The van der Waals surface area contributed by atoms with Gasteiger partial charge in [0.15, 0.2) is 0 Å². The monoisotopic (exact) mass is 253 g/mol. The van der Waals surface area contributed by atoms with Gasteiger partial charge < -0.3 is 5.32 Å². The lowest BCUT2D eigenvalue weighted by molar-refractivity contribution is 0.117. The summed E-state index contributed by atoms with van der Waals surface area (Å²) in [6.07, 6.45) is 2.93. The lowest BCUT2D eigenvalue weighted by Gasteiger charge is -2.49. The van der Waals surface area contributed by atoms with Crippen LogP contribution in [-0.2, 0) is 9.84 Å². The van der Waals surface area contributed by atoms with Crippen molar-refractivity contribution >= 4 is 21.4 Å². The molecule has 0 radical (unpaired) electrons. The topological polar surface area (TPSA) is 46.2 Å². The molecule has 3 nitrogen and oxygen atoms in total. The largest absolute Gasteiger partial charge is 0.313 e. The summed E-state index contributed by atoms with van der Waals surface area (Å²) < 4.78 is 21.8. The van der Waals surface area contributed by atoms with Crippen molar-refractivity contribution in [1.82, 2.24) is 5.32 Å². The molecule has 0 bridgehead atoms. The molecule has 1 saturated carbocycles. The van der Waals surface area contributed by atoms with Gasteiger partial charge in [-0.3, -0.25) is 0 Å². The van der Waals surface area contributed by atoms with E-state index in [2.05, 4.69) is 19.2 Å². The van der Waals surface area contributed by atoms with Gasteiger partial charge in [0.25, 0.3) is 0 Å². The predicted octanol–water partition coefficient (Wildman–Crippen LogP) is 1.42. The molecule has 2 atom stereocenters.